The molecule has 1 N–H and O–H groups in total. The molecule has 3 heterocycles. The Hall–Kier alpha value is -1.11. The van der Waals surface area contributed by atoms with Gasteiger partial charge >= 0.3 is 0 Å². The second kappa shape index (κ2) is 6.98. The van der Waals surface area contributed by atoms with Crippen LogP contribution in [0.2, 0.25) is 0 Å². The van der Waals surface area contributed by atoms with Crippen molar-refractivity contribution in [2.24, 2.45) is 0 Å². The van der Waals surface area contributed by atoms with E-state index in [1.807, 2.05) is 12.3 Å². The number of carbonyl (C=O) groups excluding carboxylic acids is 1. The van der Waals surface area contributed by atoms with E-state index in [9.17, 15) is 4.79 Å². The molecule has 1 amide bonds. The molecule has 6 heteroatoms. The zero-order chi connectivity index (χ0) is 15.4. The van der Waals surface area contributed by atoms with E-state index in [-0.39, 0.29) is 17.6 Å². The summed E-state index contributed by atoms with van der Waals surface area (Å²) in [6.45, 7) is 2.20. The maximum Gasteiger partial charge on any atom is 0.254 e. The first-order valence-corrected chi connectivity index (χ1v) is 8.96. The molecule has 2 aliphatic rings. The third kappa shape index (κ3) is 3.45. The van der Waals surface area contributed by atoms with Gasteiger partial charge in [0.15, 0.2) is 0 Å². The average molecular weight is 322 g/mol. The molecular formula is C16H22N2O3S. The molecule has 0 saturated carbocycles. The van der Waals surface area contributed by atoms with Gasteiger partial charge in [0, 0.05) is 32.1 Å². The number of nitrogens with zero attached hydrogens (tertiary/aromatic N) is 1. The lowest BCUT2D eigenvalue weighted by molar-refractivity contribution is -0.139. The number of carbonyl (C=O) groups is 1. The number of hydrogen-bond acceptors (Lipinski definition) is 5. The highest BCUT2D eigenvalue weighted by Gasteiger charge is 2.39. The maximum atomic E-state index is 12.5. The number of ether oxygens (including phenoxy) is 2. The third-order valence-electron chi connectivity index (χ3n) is 4.44. The van der Waals surface area contributed by atoms with Crippen molar-refractivity contribution >= 4 is 17.7 Å². The van der Waals surface area contributed by atoms with Gasteiger partial charge in [0.05, 0.1) is 11.2 Å². The molecule has 1 spiro atoms. The molecular weight excluding hydrogens is 300 g/mol. The number of nitrogens with one attached hydrogen (secondary N) is 1. The zero-order valence-electron chi connectivity index (χ0n) is 12.8. The Labute approximate surface area is 135 Å². The van der Waals surface area contributed by atoms with Crippen LogP contribution in [0.1, 0.15) is 36.0 Å². The maximum absolute atomic E-state index is 12.5. The number of rotatable bonds is 3. The molecule has 1 atom stereocenters. The van der Waals surface area contributed by atoms with Crippen molar-refractivity contribution < 1.29 is 14.3 Å². The van der Waals surface area contributed by atoms with Gasteiger partial charge in [-0.2, -0.15) is 0 Å². The summed E-state index contributed by atoms with van der Waals surface area (Å²) in [5.74, 6) is -0.0356. The molecule has 2 fully saturated rings. The molecule has 2 aliphatic heterocycles. The predicted octanol–water partition coefficient (Wildman–Crippen LogP) is 2.26. The van der Waals surface area contributed by atoms with Crippen LogP contribution in [-0.4, -0.2) is 48.6 Å². The van der Waals surface area contributed by atoms with Gasteiger partial charge in [-0.3, -0.25) is 4.79 Å². The SMILES string of the molecule is CSc1ncccc1C(=O)N[C@@H]1CCOC2(CCOCC2)C1. The molecule has 120 valence electrons. The Kier molecular flexibility index (Phi) is 5.00. The van der Waals surface area contributed by atoms with E-state index in [1.165, 1.54) is 11.8 Å². The van der Waals surface area contributed by atoms with Crippen LogP contribution in [0.3, 0.4) is 0 Å². The second-order valence-corrected chi connectivity index (χ2v) is 6.66. The summed E-state index contributed by atoms with van der Waals surface area (Å²) in [5.41, 5.74) is 0.550. The summed E-state index contributed by atoms with van der Waals surface area (Å²) in [6, 6.07) is 3.80. The van der Waals surface area contributed by atoms with Gasteiger partial charge in [0.2, 0.25) is 0 Å². The van der Waals surface area contributed by atoms with Crippen LogP contribution in [0.5, 0.6) is 0 Å². The van der Waals surface area contributed by atoms with Crippen molar-refractivity contribution in [2.75, 3.05) is 26.1 Å². The minimum Gasteiger partial charge on any atom is -0.381 e. The molecule has 1 aromatic rings. The minimum atomic E-state index is -0.105. The predicted molar refractivity (Wildman–Crippen MR) is 85.2 cm³/mol. The van der Waals surface area contributed by atoms with Crippen molar-refractivity contribution in [1.29, 1.82) is 0 Å². The van der Waals surface area contributed by atoms with Crippen LogP contribution in [0, 0.1) is 0 Å². The van der Waals surface area contributed by atoms with E-state index in [2.05, 4.69) is 10.3 Å². The molecule has 22 heavy (non-hydrogen) atoms. The molecule has 0 bridgehead atoms. The summed E-state index contributed by atoms with van der Waals surface area (Å²) in [7, 11) is 0. The normalized spacial score (nSPS) is 24.1. The van der Waals surface area contributed by atoms with Gasteiger partial charge in [0.25, 0.3) is 5.91 Å². The lowest BCUT2D eigenvalue weighted by atomic mass is 9.84. The van der Waals surface area contributed by atoms with E-state index >= 15 is 0 Å². The lowest BCUT2D eigenvalue weighted by Crippen LogP contribution is -2.51. The topological polar surface area (TPSA) is 60.5 Å². The Bertz CT molecular complexity index is 526. The Balaban J connectivity index is 1.66. The summed E-state index contributed by atoms with van der Waals surface area (Å²) < 4.78 is 11.5. The van der Waals surface area contributed by atoms with E-state index in [4.69, 9.17) is 9.47 Å². The van der Waals surface area contributed by atoms with Crippen molar-refractivity contribution in [2.45, 2.75) is 42.4 Å². The van der Waals surface area contributed by atoms with Crippen LogP contribution in [-0.2, 0) is 9.47 Å². The molecule has 5 nitrogen and oxygen atoms in total. The summed E-state index contributed by atoms with van der Waals surface area (Å²) >= 11 is 1.49. The molecule has 0 unspecified atom stereocenters. The fourth-order valence-corrected chi connectivity index (χ4v) is 3.78. The number of pyridine rings is 1. The van der Waals surface area contributed by atoms with E-state index in [0.29, 0.717) is 12.2 Å². The average Bonchev–Trinajstić information content (AvgIpc) is 2.55. The quantitative estimate of drug-likeness (QED) is 0.865. The standard InChI is InChI=1S/C16H22N2O3S/c1-22-15-13(3-2-7-17-15)14(19)18-12-4-8-21-16(11-12)5-9-20-10-6-16/h2-3,7,12H,4-6,8-11H2,1H3,(H,18,19)/t12-/m1/s1. The Morgan fingerprint density at radius 2 is 2.23 bits per heavy atom. The first-order chi connectivity index (χ1) is 10.7. The molecule has 0 aromatic carbocycles. The van der Waals surface area contributed by atoms with E-state index < -0.39 is 0 Å². The smallest absolute Gasteiger partial charge is 0.254 e. The number of aromatic nitrogens is 1. The van der Waals surface area contributed by atoms with Gasteiger partial charge in [-0.1, -0.05) is 0 Å². The third-order valence-corrected chi connectivity index (χ3v) is 5.15. The van der Waals surface area contributed by atoms with Crippen LogP contribution in [0.25, 0.3) is 0 Å². The minimum absolute atomic E-state index is 0.0356. The van der Waals surface area contributed by atoms with Gasteiger partial charge in [-0.05, 0) is 44.1 Å². The van der Waals surface area contributed by atoms with Crippen LogP contribution in [0.4, 0.5) is 0 Å². The van der Waals surface area contributed by atoms with Gasteiger partial charge < -0.3 is 14.8 Å². The lowest BCUT2D eigenvalue weighted by Gasteiger charge is -2.43. The van der Waals surface area contributed by atoms with Crippen LogP contribution in [0.15, 0.2) is 23.4 Å². The number of amides is 1. The van der Waals surface area contributed by atoms with Crippen LogP contribution >= 0.6 is 11.8 Å². The summed E-state index contributed by atoms with van der Waals surface area (Å²) in [6.07, 6.45) is 7.23. The van der Waals surface area contributed by atoms with Crippen molar-refractivity contribution in [3.05, 3.63) is 23.9 Å². The van der Waals surface area contributed by atoms with Gasteiger partial charge in [-0.15, -0.1) is 11.8 Å². The van der Waals surface area contributed by atoms with Gasteiger partial charge in [-0.25, -0.2) is 4.98 Å². The second-order valence-electron chi connectivity index (χ2n) is 5.87. The van der Waals surface area contributed by atoms with Crippen LogP contribution < -0.4 is 5.32 Å². The highest BCUT2D eigenvalue weighted by Crippen LogP contribution is 2.34. The van der Waals surface area contributed by atoms with Crippen molar-refractivity contribution in [3.63, 3.8) is 0 Å². The molecule has 2 saturated heterocycles. The zero-order valence-corrected chi connectivity index (χ0v) is 13.7. The highest BCUT2D eigenvalue weighted by molar-refractivity contribution is 7.98. The summed E-state index contributed by atoms with van der Waals surface area (Å²) in [5, 5.41) is 3.94. The number of thioether (sulfide) groups is 1. The molecule has 0 radical (unpaired) electrons. The Morgan fingerprint density at radius 3 is 3.00 bits per heavy atom. The van der Waals surface area contributed by atoms with Crippen molar-refractivity contribution in [1.82, 2.24) is 10.3 Å². The van der Waals surface area contributed by atoms with Crippen molar-refractivity contribution in [3.8, 4) is 0 Å². The van der Waals surface area contributed by atoms with E-state index in [0.717, 1.165) is 43.9 Å². The highest BCUT2D eigenvalue weighted by atomic mass is 32.2. The largest absolute Gasteiger partial charge is 0.381 e. The molecule has 1 aromatic heterocycles. The monoisotopic (exact) mass is 322 g/mol. The summed E-state index contributed by atoms with van der Waals surface area (Å²) in [4.78, 5) is 16.8. The number of hydrogen-bond donors (Lipinski definition) is 1. The molecule has 0 aliphatic carbocycles. The van der Waals surface area contributed by atoms with E-state index in [1.54, 1.807) is 12.3 Å². The first kappa shape index (κ1) is 15.8. The van der Waals surface area contributed by atoms with Gasteiger partial charge in [0.1, 0.15) is 5.03 Å². The first-order valence-electron chi connectivity index (χ1n) is 7.74. The molecule has 3 rings (SSSR count). The fraction of sp³-hybridized carbons (Fsp3) is 0.625. The Morgan fingerprint density at radius 1 is 1.41 bits per heavy atom. The fourth-order valence-electron chi connectivity index (χ4n) is 3.23.